The van der Waals surface area contributed by atoms with Gasteiger partial charge < -0.3 is 10.2 Å². The first-order chi connectivity index (χ1) is 10.2. The molecule has 2 nitrogen and oxygen atoms in total. The van der Waals surface area contributed by atoms with E-state index >= 15 is 0 Å². The van der Waals surface area contributed by atoms with Crippen molar-refractivity contribution in [1.29, 1.82) is 0 Å². The lowest BCUT2D eigenvalue weighted by Crippen LogP contribution is -2.56. The Bertz CT molecular complexity index is 468. The Morgan fingerprint density at radius 2 is 1.81 bits per heavy atom. The van der Waals surface area contributed by atoms with E-state index in [1.54, 1.807) is 0 Å². The highest BCUT2D eigenvalue weighted by molar-refractivity contribution is 5.53. The minimum atomic E-state index is 0.739. The molecule has 2 unspecified atom stereocenters. The number of nitrogens with one attached hydrogen (secondary N) is 1. The number of fused-ring (bicyclic) bond motifs is 2. The first-order valence-corrected chi connectivity index (χ1v) is 8.78. The van der Waals surface area contributed by atoms with Crippen molar-refractivity contribution >= 4 is 5.69 Å². The molecule has 0 amide bonds. The Kier molecular flexibility index (Phi) is 4.54. The molecule has 0 radical (unpaired) electrons. The maximum atomic E-state index is 3.77. The fourth-order valence-corrected chi connectivity index (χ4v) is 4.20. The van der Waals surface area contributed by atoms with Crippen LogP contribution in [0.1, 0.15) is 56.6 Å². The highest BCUT2D eigenvalue weighted by atomic mass is 15.2. The van der Waals surface area contributed by atoms with Gasteiger partial charge in [0.05, 0.1) is 0 Å². The smallest absolute Gasteiger partial charge is 0.0374 e. The lowest BCUT2D eigenvalue weighted by molar-refractivity contribution is 0.246. The minimum absolute atomic E-state index is 0.739. The van der Waals surface area contributed by atoms with Crippen LogP contribution in [0.3, 0.4) is 0 Å². The molecule has 116 valence electrons. The standard InChI is InChI=1S/C19H30N2/c1-4-10-20-16-12-17-6-5-7-18(13-16)21(17)19-9-8-14(2)15(3)11-19/h8-9,11,16-18,20H,4-7,10,12-13H2,1-3H3. The van der Waals surface area contributed by atoms with Crippen molar-refractivity contribution in [1.82, 2.24) is 5.32 Å². The van der Waals surface area contributed by atoms with E-state index in [1.165, 1.54) is 61.9 Å². The third kappa shape index (κ3) is 3.11. The van der Waals surface area contributed by atoms with Crippen LogP contribution in [0.2, 0.25) is 0 Å². The zero-order chi connectivity index (χ0) is 14.8. The lowest BCUT2D eigenvalue weighted by Gasteiger charge is -2.50. The average Bonchev–Trinajstić information content (AvgIpc) is 2.47. The summed E-state index contributed by atoms with van der Waals surface area (Å²) in [4.78, 5) is 2.75. The van der Waals surface area contributed by atoms with Crippen LogP contribution in [0.25, 0.3) is 0 Å². The maximum absolute atomic E-state index is 3.77. The molecule has 2 fully saturated rings. The van der Waals surface area contributed by atoms with Gasteiger partial charge in [-0.3, -0.25) is 0 Å². The number of hydrogen-bond acceptors (Lipinski definition) is 2. The van der Waals surface area contributed by atoms with E-state index in [2.05, 4.69) is 49.2 Å². The van der Waals surface area contributed by atoms with E-state index in [1.807, 2.05) is 0 Å². The Morgan fingerprint density at radius 1 is 1.10 bits per heavy atom. The minimum Gasteiger partial charge on any atom is -0.365 e. The van der Waals surface area contributed by atoms with Gasteiger partial charge in [-0.05, 0) is 82.2 Å². The summed E-state index contributed by atoms with van der Waals surface area (Å²) in [6.07, 6.45) is 8.04. The zero-order valence-corrected chi connectivity index (χ0v) is 13.9. The molecular formula is C19H30N2. The van der Waals surface area contributed by atoms with E-state index in [0.29, 0.717) is 0 Å². The quantitative estimate of drug-likeness (QED) is 0.892. The third-order valence-corrected chi connectivity index (χ3v) is 5.45. The number of nitrogens with zero attached hydrogens (tertiary/aromatic N) is 1. The molecule has 2 aliphatic rings. The van der Waals surface area contributed by atoms with Gasteiger partial charge in [0.15, 0.2) is 0 Å². The van der Waals surface area contributed by atoms with Crippen LogP contribution >= 0.6 is 0 Å². The van der Waals surface area contributed by atoms with Crippen molar-refractivity contribution in [3.8, 4) is 0 Å². The fraction of sp³-hybridized carbons (Fsp3) is 0.684. The number of benzene rings is 1. The van der Waals surface area contributed by atoms with Gasteiger partial charge in [0, 0.05) is 23.8 Å². The molecule has 1 N–H and O–H groups in total. The van der Waals surface area contributed by atoms with Gasteiger partial charge in [-0.1, -0.05) is 13.0 Å². The Balaban J connectivity index is 1.78. The first kappa shape index (κ1) is 14.9. The van der Waals surface area contributed by atoms with Crippen LogP contribution in [0.15, 0.2) is 18.2 Å². The highest BCUT2D eigenvalue weighted by Crippen LogP contribution is 2.38. The molecule has 2 aliphatic heterocycles. The summed E-state index contributed by atoms with van der Waals surface area (Å²) in [5.74, 6) is 0. The Hall–Kier alpha value is -1.02. The number of piperidine rings is 2. The number of aryl methyl sites for hydroxylation is 2. The predicted molar refractivity (Wildman–Crippen MR) is 91.1 cm³/mol. The average molecular weight is 286 g/mol. The molecule has 2 heteroatoms. The van der Waals surface area contributed by atoms with Gasteiger partial charge in [-0.25, -0.2) is 0 Å². The summed E-state index contributed by atoms with van der Waals surface area (Å²) in [5, 5.41) is 3.77. The summed E-state index contributed by atoms with van der Waals surface area (Å²) < 4.78 is 0. The molecule has 0 aromatic heterocycles. The van der Waals surface area contributed by atoms with Crippen LogP contribution in [-0.4, -0.2) is 24.7 Å². The number of rotatable bonds is 4. The molecule has 1 aromatic carbocycles. The molecule has 2 saturated heterocycles. The highest BCUT2D eigenvalue weighted by Gasteiger charge is 2.38. The molecule has 2 bridgehead atoms. The van der Waals surface area contributed by atoms with Crippen LogP contribution in [0.5, 0.6) is 0 Å². The molecule has 1 aromatic rings. The van der Waals surface area contributed by atoms with E-state index in [-0.39, 0.29) is 0 Å². The van der Waals surface area contributed by atoms with Crippen molar-refractivity contribution in [3.63, 3.8) is 0 Å². The van der Waals surface area contributed by atoms with Crippen LogP contribution < -0.4 is 10.2 Å². The van der Waals surface area contributed by atoms with Crippen molar-refractivity contribution in [3.05, 3.63) is 29.3 Å². The van der Waals surface area contributed by atoms with E-state index in [0.717, 1.165) is 18.1 Å². The van der Waals surface area contributed by atoms with Crippen molar-refractivity contribution in [2.45, 2.75) is 77.4 Å². The molecule has 2 atom stereocenters. The third-order valence-electron chi connectivity index (χ3n) is 5.45. The van der Waals surface area contributed by atoms with Crippen molar-refractivity contribution in [2.24, 2.45) is 0 Å². The summed E-state index contributed by atoms with van der Waals surface area (Å²) in [5.41, 5.74) is 4.29. The van der Waals surface area contributed by atoms with Crippen LogP contribution in [0, 0.1) is 13.8 Å². The predicted octanol–water partition coefficient (Wildman–Crippen LogP) is 4.19. The molecule has 2 heterocycles. The molecular weight excluding hydrogens is 256 g/mol. The largest absolute Gasteiger partial charge is 0.365 e. The summed E-state index contributed by atoms with van der Waals surface area (Å²) >= 11 is 0. The molecule has 0 spiro atoms. The molecule has 3 rings (SSSR count). The summed E-state index contributed by atoms with van der Waals surface area (Å²) in [6.45, 7) is 7.89. The van der Waals surface area contributed by atoms with Gasteiger partial charge in [-0.15, -0.1) is 0 Å². The fourth-order valence-electron chi connectivity index (χ4n) is 4.20. The van der Waals surface area contributed by atoms with E-state index in [4.69, 9.17) is 0 Å². The van der Waals surface area contributed by atoms with E-state index < -0.39 is 0 Å². The SMILES string of the molecule is CCCNC1CC2CCCC(C1)N2c1ccc(C)c(C)c1. The number of hydrogen-bond donors (Lipinski definition) is 1. The second-order valence-electron chi connectivity index (χ2n) is 7.04. The normalized spacial score (nSPS) is 28.7. The maximum Gasteiger partial charge on any atom is 0.0374 e. The molecule has 0 saturated carbocycles. The first-order valence-electron chi connectivity index (χ1n) is 8.78. The van der Waals surface area contributed by atoms with Gasteiger partial charge >= 0.3 is 0 Å². The topological polar surface area (TPSA) is 15.3 Å². The van der Waals surface area contributed by atoms with E-state index in [9.17, 15) is 0 Å². The van der Waals surface area contributed by atoms with Crippen LogP contribution in [0.4, 0.5) is 5.69 Å². The molecule has 0 aliphatic carbocycles. The lowest BCUT2D eigenvalue weighted by atomic mass is 9.81. The van der Waals surface area contributed by atoms with Gasteiger partial charge in [0.2, 0.25) is 0 Å². The van der Waals surface area contributed by atoms with Gasteiger partial charge in [0.1, 0.15) is 0 Å². The second kappa shape index (κ2) is 6.39. The number of anilines is 1. The van der Waals surface area contributed by atoms with Crippen LogP contribution in [-0.2, 0) is 0 Å². The zero-order valence-electron chi connectivity index (χ0n) is 13.9. The van der Waals surface area contributed by atoms with Gasteiger partial charge in [-0.2, -0.15) is 0 Å². The van der Waals surface area contributed by atoms with Crippen molar-refractivity contribution < 1.29 is 0 Å². The Labute approximate surface area is 129 Å². The Morgan fingerprint density at radius 3 is 2.43 bits per heavy atom. The van der Waals surface area contributed by atoms with Crippen molar-refractivity contribution in [2.75, 3.05) is 11.4 Å². The second-order valence-corrected chi connectivity index (χ2v) is 7.04. The molecule has 21 heavy (non-hydrogen) atoms. The monoisotopic (exact) mass is 286 g/mol. The summed E-state index contributed by atoms with van der Waals surface area (Å²) in [7, 11) is 0. The summed E-state index contributed by atoms with van der Waals surface area (Å²) in [6, 6.07) is 9.27. The van der Waals surface area contributed by atoms with Gasteiger partial charge in [0.25, 0.3) is 0 Å².